The van der Waals surface area contributed by atoms with Crippen LogP contribution in [0.5, 0.6) is 0 Å². The Bertz CT molecular complexity index is 423. The first-order valence-corrected chi connectivity index (χ1v) is 16.5. The van der Waals surface area contributed by atoms with Gasteiger partial charge in [0.15, 0.2) is 0 Å². The van der Waals surface area contributed by atoms with E-state index in [1.165, 1.54) is 135 Å². The number of aliphatic hydroxyl groups is 1. The van der Waals surface area contributed by atoms with Gasteiger partial charge >= 0.3 is 5.97 Å². The van der Waals surface area contributed by atoms with E-state index in [1.54, 1.807) is 0 Å². The molecule has 0 bridgehead atoms. The second kappa shape index (κ2) is 30.7. The van der Waals surface area contributed by atoms with Gasteiger partial charge in [0.1, 0.15) is 0 Å². The maximum absolute atomic E-state index is 11.9. The summed E-state index contributed by atoms with van der Waals surface area (Å²) in [6.45, 7) is 4.97. The summed E-state index contributed by atoms with van der Waals surface area (Å²) in [5.41, 5.74) is 0. The average Bonchev–Trinajstić information content (AvgIpc) is 2.88. The smallest absolute Gasteiger partial charge is 0.305 e. The highest BCUT2D eigenvalue weighted by Gasteiger charge is 2.06. The molecule has 36 heavy (non-hydrogen) atoms. The van der Waals surface area contributed by atoms with Crippen molar-refractivity contribution in [1.82, 2.24) is 0 Å². The van der Waals surface area contributed by atoms with Gasteiger partial charge in [-0.1, -0.05) is 162 Å². The second-order valence-corrected chi connectivity index (χ2v) is 11.3. The summed E-state index contributed by atoms with van der Waals surface area (Å²) in [5, 5.41) is 10.0. The van der Waals surface area contributed by atoms with Crippen LogP contribution in [0.15, 0.2) is 0 Å². The molecule has 0 saturated carbocycles. The SMILES string of the molecule is CCCCCCCCCCCCCCCCCCCCCC(=O)OCCC[C@H](O)CCCCCCC. The van der Waals surface area contributed by atoms with Crippen LogP contribution >= 0.6 is 0 Å². The van der Waals surface area contributed by atoms with Gasteiger partial charge in [-0.15, -0.1) is 0 Å². The highest BCUT2D eigenvalue weighted by Crippen LogP contribution is 2.15. The number of ether oxygens (including phenoxy) is 1. The van der Waals surface area contributed by atoms with Crippen LogP contribution in [0.4, 0.5) is 0 Å². The minimum Gasteiger partial charge on any atom is -0.466 e. The largest absolute Gasteiger partial charge is 0.466 e. The summed E-state index contributed by atoms with van der Waals surface area (Å²) >= 11 is 0. The Hall–Kier alpha value is -0.570. The number of aliphatic hydroxyl groups excluding tert-OH is 1. The van der Waals surface area contributed by atoms with Crippen molar-refractivity contribution in [3.05, 3.63) is 0 Å². The number of carbonyl (C=O) groups excluding carboxylic acids is 1. The molecule has 0 aliphatic heterocycles. The number of rotatable bonds is 30. The molecule has 0 saturated heterocycles. The third-order valence-electron chi connectivity index (χ3n) is 7.57. The highest BCUT2D eigenvalue weighted by atomic mass is 16.5. The first-order valence-electron chi connectivity index (χ1n) is 16.5. The minimum atomic E-state index is -0.231. The Morgan fingerprint density at radius 2 is 0.833 bits per heavy atom. The molecule has 0 aromatic carbocycles. The number of hydrogen-bond donors (Lipinski definition) is 1. The Morgan fingerprint density at radius 3 is 1.25 bits per heavy atom. The van der Waals surface area contributed by atoms with Crippen molar-refractivity contribution in [3.8, 4) is 0 Å². The zero-order valence-corrected chi connectivity index (χ0v) is 24.8. The van der Waals surface area contributed by atoms with Gasteiger partial charge in [-0.3, -0.25) is 4.79 Å². The fraction of sp³-hybridized carbons (Fsp3) is 0.970. The van der Waals surface area contributed by atoms with E-state index in [-0.39, 0.29) is 12.1 Å². The first-order chi connectivity index (χ1) is 17.7. The van der Waals surface area contributed by atoms with Crippen LogP contribution in [0.2, 0.25) is 0 Å². The Labute approximate surface area is 226 Å². The molecule has 0 heterocycles. The second-order valence-electron chi connectivity index (χ2n) is 11.3. The molecule has 0 amide bonds. The van der Waals surface area contributed by atoms with Crippen LogP contribution in [0.25, 0.3) is 0 Å². The maximum atomic E-state index is 11.9. The van der Waals surface area contributed by atoms with Crippen LogP contribution in [0, 0.1) is 0 Å². The number of unbranched alkanes of at least 4 members (excludes halogenated alkanes) is 22. The van der Waals surface area contributed by atoms with Crippen molar-refractivity contribution in [1.29, 1.82) is 0 Å². The van der Waals surface area contributed by atoms with Gasteiger partial charge < -0.3 is 9.84 Å². The lowest BCUT2D eigenvalue weighted by Crippen LogP contribution is -2.10. The molecule has 1 atom stereocenters. The van der Waals surface area contributed by atoms with Crippen molar-refractivity contribution < 1.29 is 14.6 Å². The standard InChI is InChI=1S/C33H66O3/c1-3-5-7-9-10-11-12-13-14-15-16-17-18-19-20-21-22-24-26-30-33(35)36-31-27-29-32(34)28-25-23-8-6-4-2/h32,34H,3-31H2,1-2H3/t32-/m1/s1. The Morgan fingerprint density at radius 1 is 0.500 bits per heavy atom. The molecule has 0 aromatic heterocycles. The molecular weight excluding hydrogens is 444 g/mol. The Balaban J connectivity index is 3.21. The first kappa shape index (κ1) is 35.4. The third kappa shape index (κ3) is 29.7. The molecule has 0 unspecified atom stereocenters. The van der Waals surface area contributed by atoms with Gasteiger partial charge in [0, 0.05) is 6.42 Å². The van der Waals surface area contributed by atoms with E-state index >= 15 is 0 Å². The van der Waals surface area contributed by atoms with Gasteiger partial charge in [-0.25, -0.2) is 0 Å². The van der Waals surface area contributed by atoms with Crippen LogP contribution in [-0.2, 0) is 9.53 Å². The average molecular weight is 511 g/mol. The Kier molecular flexibility index (Phi) is 30.2. The van der Waals surface area contributed by atoms with Gasteiger partial charge in [-0.2, -0.15) is 0 Å². The van der Waals surface area contributed by atoms with E-state index in [0.717, 1.165) is 38.5 Å². The topological polar surface area (TPSA) is 46.5 Å². The van der Waals surface area contributed by atoms with E-state index < -0.39 is 0 Å². The van der Waals surface area contributed by atoms with Crippen LogP contribution in [0.3, 0.4) is 0 Å². The zero-order chi connectivity index (χ0) is 26.4. The molecule has 3 heteroatoms. The molecule has 0 fully saturated rings. The summed E-state index contributed by atoms with van der Waals surface area (Å²) in [6, 6.07) is 0. The summed E-state index contributed by atoms with van der Waals surface area (Å²) < 4.78 is 5.34. The van der Waals surface area contributed by atoms with Crippen LogP contribution in [0.1, 0.15) is 194 Å². The number of hydrogen-bond acceptors (Lipinski definition) is 3. The minimum absolute atomic E-state index is 0.0592. The molecule has 0 radical (unpaired) electrons. The van der Waals surface area contributed by atoms with E-state index in [9.17, 15) is 9.90 Å². The van der Waals surface area contributed by atoms with Crippen molar-refractivity contribution in [2.75, 3.05) is 6.61 Å². The molecule has 0 aliphatic carbocycles. The molecule has 0 rings (SSSR count). The number of carbonyl (C=O) groups is 1. The van der Waals surface area contributed by atoms with Gasteiger partial charge in [-0.05, 0) is 25.7 Å². The number of esters is 1. The predicted molar refractivity (Wildman–Crippen MR) is 158 cm³/mol. The van der Waals surface area contributed by atoms with Crippen molar-refractivity contribution >= 4 is 5.97 Å². The van der Waals surface area contributed by atoms with Crippen LogP contribution < -0.4 is 0 Å². The molecule has 0 spiro atoms. The van der Waals surface area contributed by atoms with E-state index in [0.29, 0.717) is 13.0 Å². The zero-order valence-electron chi connectivity index (χ0n) is 24.8. The molecular formula is C33H66O3. The highest BCUT2D eigenvalue weighted by molar-refractivity contribution is 5.69. The van der Waals surface area contributed by atoms with Crippen molar-refractivity contribution in [3.63, 3.8) is 0 Å². The molecule has 1 N–H and O–H groups in total. The van der Waals surface area contributed by atoms with Crippen molar-refractivity contribution in [2.24, 2.45) is 0 Å². The lowest BCUT2D eigenvalue weighted by atomic mass is 10.0. The summed E-state index contributed by atoms with van der Waals surface area (Å²) in [5.74, 6) is -0.0592. The quantitative estimate of drug-likeness (QED) is 0.0772. The van der Waals surface area contributed by atoms with Gasteiger partial charge in [0.25, 0.3) is 0 Å². The van der Waals surface area contributed by atoms with Gasteiger partial charge in [0.05, 0.1) is 12.7 Å². The van der Waals surface area contributed by atoms with E-state index in [2.05, 4.69) is 13.8 Å². The monoisotopic (exact) mass is 511 g/mol. The predicted octanol–water partition coefficient (Wildman–Crippen LogP) is 10.9. The summed E-state index contributed by atoms with van der Waals surface area (Å²) in [7, 11) is 0. The van der Waals surface area contributed by atoms with Gasteiger partial charge in [0.2, 0.25) is 0 Å². The summed E-state index contributed by atoms with van der Waals surface area (Å²) in [4.78, 5) is 11.9. The van der Waals surface area contributed by atoms with E-state index in [4.69, 9.17) is 4.74 Å². The molecule has 0 aromatic rings. The fourth-order valence-electron chi connectivity index (χ4n) is 5.05. The third-order valence-corrected chi connectivity index (χ3v) is 7.57. The normalized spacial score (nSPS) is 12.2. The summed E-state index contributed by atoms with van der Waals surface area (Å²) in [6.07, 6.45) is 34.9. The van der Waals surface area contributed by atoms with E-state index in [1.807, 2.05) is 0 Å². The maximum Gasteiger partial charge on any atom is 0.305 e. The lowest BCUT2D eigenvalue weighted by molar-refractivity contribution is -0.144. The molecule has 216 valence electrons. The molecule has 3 nitrogen and oxygen atoms in total. The fourth-order valence-corrected chi connectivity index (χ4v) is 5.05. The lowest BCUT2D eigenvalue weighted by Gasteiger charge is -2.10. The molecule has 0 aliphatic rings. The van der Waals surface area contributed by atoms with Crippen LogP contribution in [-0.4, -0.2) is 23.8 Å². The van der Waals surface area contributed by atoms with Crippen molar-refractivity contribution in [2.45, 2.75) is 200 Å².